The quantitative estimate of drug-likeness (QED) is 0.631. The van der Waals surface area contributed by atoms with Crippen LogP contribution < -0.4 is 9.47 Å². The van der Waals surface area contributed by atoms with E-state index in [-0.39, 0.29) is 5.91 Å². The average Bonchev–Trinajstić information content (AvgIpc) is 2.59. The highest BCUT2D eigenvalue weighted by Gasteiger charge is 2.25. The second kappa shape index (κ2) is 8.58. The smallest absolute Gasteiger partial charge is 0.255 e. The van der Waals surface area contributed by atoms with Gasteiger partial charge < -0.3 is 14.4 Å². The molecule has 0 N–H and O–H groups in total. The van der Waals surface area contributed by atoms with Crippen molar-refractivity contribution in [3.8, 4) is 11.5 Å². The predicted octanol–water partition coefficient (Wildman–Crippen LogP) is 3.50. The van der Waals surface area contributed by atoms with Gasteiger partial charge in [0.15, 0.2) is 11.5 Å². The fourth-order valence-corrected chi connectivity index (χ4v) is 3.53. The van der Waals surface area contributed by atoms with Gasteiger partial charge in [-0.1, -0.05) is 20.8 Å². The number of benzene rings is 1. The molecule has 0 atom stereocenters. The highest BCUT2D eigenvalue weighted by molar-refractivity contribution is 14.1. The number of hydrogen-bond donors (Lipinski definition) is 0. The maximum atomic E-state index is 12.9. The van der Waals surface area contributed by atoms with Crippen LogP contribution in [0.2, 0.25) is 0 Å². The maximum Gasteiger partial charge on any atom is 0.255 e. The Morgan fingerprint density at radius 3 is 2.16 bits per heavy atom. The molecule has 0 radical (unpaired) electrons. The molecule has 2 rings (SSSR count). The lowest BCUT2D eigenvalue weighted by molar-refractivity contribution is 0.0622. The lowest BCUT2D eigenvalue weighted by atomic mass is 9.92. The van der Waals surface area contributed by atoms with Crippen LogP contribution in [-0.2, 0) is 0 Å². The third kappa shape index (κ3) is 5.48. The summed E-state index contributed by atoms with van der Waals surface area (Å²) in [4.78, 5) is 17.3. The highest BCUT2D eigenvalue weighted by atomic mass is 127. The van der Waals surface area contributed by atoms with Gasteiger partial charge in [0.05, 0.1) is 19.8 Å². The molecule has 0 bridgehead atoms. The Morgan fingerprint density at radius 1 is 1.08 bits per heavy atom. The van der Waals surface area contributed by atoms with Crippen molar-refractivity contribution in [2.24, 2.45) is 5.41 Å². The number of carbonyl (C=O) groups excluding carboxylic acids is 1. The molecule has 1 amide bonds. The number of amides is 1. The molecule has 0 spiro atoms. The number of rotatable bonds is 5. The summed E-state index contributed by atoms with van der Waals surface area (Å²) in [5, 5.41) is 0. The van der Waals surface area contributed by atoms with Gasteiger partial charge in [0.25, 0.3) is 5.91 Å². The first-order valence-electron chi connectivity index (χ1n) is 8.68. The second-order valence-corrected chi connectivity index (χ2v) is 8.79. The number of nitrogens with zero attached hydrogens (tertiary/aromatic N) is 2. The third-order valence-electron chi connectivity index (χ3n) is 4.54. The summed E-state index contributed by atoms with van der Waals surface area (Å²) >= 11 is 2.19. The normalized spacial score (nSPS) is 16.0. The number of halogens is 1. The minimum atomic E-state index is 0.0702. The van der Waals surface area contributed by atoms with E-state index in [2.05, 4.69) is 48.3 Å². The summed E-state index contributed by atoms with van der Waals surface area (Å²) in [5.41, 5.74) is 1.03. The van der Waals surface area contributed by atoms with Crippen LogP contribution in [0.3, 0.4) is 0 Å². The topological polar surface area (TPSA) is 42.0 Å². The van der Waals surface area contributed by atoms with Crippen LogP contribution in [0.5, 0.6) is 11.5 Å². The summed E-state index contributed by atoms with van der Waals surface area (Å²) < 4.78 is 11.5. The zero-order valence-corrected chi connectivity index (χ0v) is 18.1. The van der Waals surface area contributed by atoms with E-state index in [1.807, 2.05) is 11.0 Å². The summed E-state index contributed by atoms with van der Waals surface area (Å²) in [7, 11) is 3.19. The summed E-state index contributed by atoms with van der Waals surface area (Å²) in [6.45, 7) is 11.3. The molecule has 1 saturated heterocycles. The van der Waals surface area contributed by atoms with Crippen molar-refractivity contribution in [3.63, 3.8) is 0 Å². The SMILES string of the molecule is COc1cc(I)c(C(=O)N2CCN(CCC(C)(C)C)CC2)cc1OC. The molecule has 140 valence electrons. The molecule has 1 heterocycles. The monoisotopic (exact) mass is 460 g/mol. The number of piperazine rings is 1. The van der Waals surface area contributed by atoms with Crippen LogP contribution in [0.1, 0.15) is 37.6 Å². The first-order chi connectivity index (χ1) is 11.7. The van der Waals surface area contributed by atoms with Crippen LogP contribution in [0, 0.1) is 8.99 Å². The number of methoxy groups -OCH3 is 2. The van der Waals surface area contributed by atoms with E-state index in [4.69, 9.17) is 9.47 Å². The molecule has 1 fully saturated rings. The van der Waals surface area contributed by atoms with E-state index in [1.165, 1.54) is 6.42 Å². The molecular formula is C19H29IN2O3. The molecule has 6 heteroatoms. The molecule has 0 saturated carbocycles. The lowest BCUT2D eigenvalue weighted by Crippen LogP contribution is -2.49. The Balaban J connectivity index is 2.01. The van der Waals surface area contributed by atoms with E-state index in [1.54, 1.807) is 20.3 Å². The predicted molar refractivity (Wildman–Crippen MR) is 109 cm³/mol. The molecule has 25 heavy (non-hydrogen) atoms. The zero-order valence-electron chi connectivity index (χ0n) is 15.9. The highest BCUT2D eigenvalue weighted by Crippen LogP contribution is 2.32. The van der Waals surface area contributed by atoms with E-state index >= 15 is 0 Å². The van der Waals surface area contributed by atoms with Gasteiger partial charge in [-0.2, -0.15) is 0 Å². The van der Waals surface area contributed by atoms with Crippen molar-refractivity contribution < 1.29 is 14.3 Å². The van der Waals surface area contributed by atoms with E-state index in [0.717, 1.165) is 36.3 Å². The number of carbonyl (C=O) groups is 1. The van der Waals surface area contributed by atoms with Gasteiger partial charge in [-0.15, -0.1) is 0 Å². The van der Waals surface area contributed by atoms with Crippen LogP contribution in [0.25, 0.3) is 0 Å². The third-order valence-corrected chi connectivity index (χ3v) is 5.43. The van der Waals surface area contributed by atoms with Gasteiger partial charge in [-0.25, -0.2) is 0 Å². The van der Waals surface area contributed by atoms with Crippen LogP contribution in [-0.4, -0.2) is 62.7 Å². The maximum absolute atomic E-state index is 12.9. The largest absolute Gasteiger partial charge is 0.493 e. The lowest BCUT2D eigenvalue weighted by Gasteiger charge is -2.36. The molecule has 1 aliphatic rings. The Hall–Kier alpha value is -1.02. The van der Waals surface area contributed by atoms with Gasteiger partial charge in [0.2, 0.25) is 0 Å². The Labute approximate surface area is 164 Å². The molecule has 0 aliphatic carbocycles. The van der Waals surface area contributed by atoms with Crippen LogP contribution >= 0.6 is 22.6 Å². The molecule has 1 aromatic carbocycles. The Morgan fingerprint density at radius 2 is 1.64 bits per heavy atom. The minimum absolute atomic E-state index is 0.0702. The van der Waals surface area contributed by atoms with E-state index < -0.39 is 0 Å². The number of ether oxygens (including phenoxy) is 2. The van der Waals surface area contributed by atoms with Gasteiger partial charge in [-0.3, -0.25) is 9.69 Å². The Bertz CT molecular complexity index is 605. The van der Waals surface area contributed by atoms with E-state index in [0.29, 0.717) is 22.5 Å². The standard InChI is InChI=1S/C19H29IN2O3/c1-19(2,3)6-7-21-8-10-22(11-9-21)18(23)14-12-16(24-4)17(25-5)13-15(14)20/h12-13H,6-11H2,1-5H3. The van der Waals surface area contributed by atoms with Gasteiger partial charge >= 0.3 is 0 Å². The van der Waals surface area contributed by atoms with Gasteiger partial charge in [0.1, 0.15) is 0 Å². The summed E-state index contributed by atoms with van der Waals surface area (Å²) in [6, 6.07) is 3.64. The van der Waals surface area contributed by atoms with E-state index in [9.17, 15) is 4.79 Å². The fraction of sp³-hybridized carbons (Fsp3) is 0.632. The van der Waals surface area contributed by atoms with Gasteiger partial charge in [0, 0.05) is 29.7 Å². The summed E-state index contributed by atoms with van der Waals surface area (Å²) in [6.07, 6.45) is 1.18. The average molecular weight is 460 g/mol. The van der Waals surface area contributed by atoms with Crippen molar-refractivity contribution in [1.29, 1.82) is 0 Å². The molecule has 1 aromatic rings. The second-order valence-electron chi connectivity index (χ2n) is 7.63. The number of hydrogen-bond acceptors (Lipinski definition) is 4. The van der Waals surface area contributed by atoms with Crippen molar-refractivity contribution in [3.05, 3.63) is 21.3 Å². The van der Waals surface area contributed by atoms with Crippen molar-refractivity contribution in [1.82, 2.24) is 9.80 Å². The first-order valence-corrected chi connectivity index (χ1v) is 9.76. The summed E-state index contributed by atoms with van der Waals surface area (Å²) in [5.74, 6) is 1.31. The molecule has 1 aliphatic heterocycles. The van der Waals surface area contributed by atoms with Crippen molar-refractivity contribution >= 4 is 28.5 Å². The van der Waals surface area contributed by atoms with Crippen LogP contribution in [0.15, 0.2) is 12.1 Å². The Kier molecular flexibility index (Phi) is 6.96. The minimum Gasteiger partial charge on any atom is -0.493 e. The molecule has 0 unspecified atom stereocenters. The molecule has 5 nitrogen and oxygen atoms in total. The molecular weight excluding hydrogens is 431 g/mol. The van der Waals surface area contributed by atoms with Crippen LogP contribution in [0.4, 0.5) is 0 Å². The van der Waals surface area contributed by atoms with Gasteiger partial charge in [-0.05, 0) is 53.1 Å². The van der Waals surface area contributed by atoms with Crippen molar-refractivity contribution in [2.45, 2.75) is 27.2 Å². The zero-order chi connectivity index (χ0) is 18.6. The fourth-order valence-electron chi connectivity index (χ4n) is 2.86. The first kappa shape index (κ1) is 20.3. The molecule has 0 aromatic heterocycles. The van der Waals surface area contributed by atoms with Crippen molar-refractivity contribution in [2.75, 3.05) is 46.9 Å².